The van der Waals surface area contributed by atoms with Gasteiger partial charge in [-0.1, -0.05) is 27.7 Å². The van der Waals surface area contributed by atoms with Gasteiger partial charge in [-0.3, -0.25) is 9.59 Å². The summed E-state index contributed by atoms with van der Waals surface area (Å²) in [7, 11) is 0. The van der Waals surface area contributed by atoms with Crippen molar-refractivity contribution in [1.82, 2.24) is 0 Å². The van der Waals surface area contributed by atoms with Gasteiger partial charge in [-0.2, -0.15) is 10.2 Å². The van der Waals surface area contributed by atoms with Gasteiger partial charge in [0.15, 0.2) is 0 Å². The molecule has 6 heteroatoms. The van der Waals surface area contributed by atoms with Gasteiger partial charge in [-0.05, 0) is 37.5 Å². The number of amides is 2. The molecule has 0 aromatic rings. The molecule has 6 nitrogen and oxygen atoms in total. The zero-order valence-corrected chi connectivity index (χ0v) is 13.0. The molecule has 0 heterocycles. The minimum atomic E-state index is -0.668. The highest BCUT2D eigenvalue weighted by Crippen LogP contribution is 2.13. The maximum absolute atomic E-state index is 11.3. The smallest absolute Gasteiger partial charge is 0.244 e. The Bertz CT molecular complexity index is 308. The standard InChI is InChI=1S/C14H28N4O2/c1-9(2)5-7-11(13(15)19)17-18-12(14(16)20)8-6-10(3)4/h9-12H,5-8H2,1-4H3,(H2,15,19)(H2,16,20). The summed E-state index contributed by atoms with van der Waals surface area (Å²) in [5.41, 5.74) is 10.6. The van der Waals surface area contributed by atoms with Gasteiger partial charge in [-0.25, -0.2) is 0 Å². The fraction of sp³-hybridized carbons (Fsp3) is 0.857. The van der Waals surface area contributed by atoms with Crippen LogP contribution in [0, 0.1) is 11.8 Å². The lowest BCUT2D eigenvalue weighted by molar-refractivity contribution is -0.121. The van der Waals surface area contributed by atoms with Crippen LogP contribution in [0.15, 0.2) is 10.2 Å². The molecular weight excluding hydrogens is 256 g/mol. The van der Waals surface area contributed by atoms with Crippen molar-refractivity contribution in [3.05, 3.63) is 0 Å². The van der Waals surface area contributed by atoms with E-state index in [-0.39, 0.29) is 0 Å². The van der Waals surface area contributed by atoms with Crippen LogP contribution in [0.25, 0.3) is 0 Å². The number of hydrogen-bond acceptors (Lipinski definition) is 4. The molecular formula is C14H28N4O2. The fourth-order valence-corrected chi connectivity index (χ4v) is 1.66. The Morgan fingerprint density at radius 1 is 0.750 bits per heavy atom. The van der Waals surface area contributed by atoms with E-state index < -0.39 is 23.9 Å². The normalized spacial score (nSPS) is 14.9. The average molecular weight is 284 g/mol. The molecule has 4 N–H and O–H groups in total. The van der Waals surface area contributed by atoms with Gasteiger partial charge in [0.2, 0.25) is 11.8 Å². The number of rotatable bonds is 10. The molecule has 2 unspecified atom stereocenters. The molecule has 0 aliphatic carbocycles. The van der Waals surface area contributed by atoms with Gasteiger partial charge in [0, 0.05) is 0 Å². The van der Waals surface area contributed by atoms with Crippen LogP contribution in [0.5, 0.6) is 0 Å². The summed E-state index contributed by atoms with van der Waals surface area (Å²) in [6, 6.07) is -1.34. The topological polar surface area (TPSA) is 111 Å². The van der Waals surface area contributed by atoms with Crippen LogP contribution in [0.2, 0.25) is 0 Å². The number of nitrogens with two attached hydrogens (primary N) is 2. The second kappa shape index (κ2) is 9.44. The molecule has 0 spiro atoms. The Morgan fingerprint density at radius 2 is 1.05 bits per heavy atom. The molecule has 0 radical (unpaired) electrons. The van der Waals surface area contributed by atoms with E-state index in [0.29, 0.717) is 24.7 Å². The summed E-state index contributed by atoms with van der Waals surface area (Å²) in [5, 5.41) is 7.89. The molecule has 0 aromatic heterocycles. The number of azo groups is 1. The maximum Gasteiger partial charge on any atom is 0.244 e. The predicted octanol–water partition coefficient (Wildman–Crippen LogP) is 2.02. The van der Waals surface area contributed by atoms with Crippen molar-refractivity contribution < 1.29 is 9.59 Å². The zero-order valence-electron chi connectivity index (χ0n) is 13.0. The van der Waals surface area contributed by atoms with Crippen molar-refractivity contribution in [3.8, 4) is 0 Å². The number of carbonyl (C=O) groups excluding carboxylic acids is 2. The van der Waals surface area contributed by atoms with E-state index in [1.54, 1.807) is 0 Å². The summed E-state index contributed by atoms with van der Waals surface area (Å²) < 4.78 is 0. The SMILES string of the molecule is CC(C)CCC(N=NC(CCC(C)C)C(N)=O)C(N)=O. The van der Waals surface area contributed by atoms with Crippen LogP contribution < -0.4 is 11.5 Å². The Balaban J connectivity index is 4.60. The van der Waals surface area contributed by atoms with Crippen molar-refractivity contribution in [1.29, 1.82) is 0 Å². The molecule has 2 amide bonds. The van der Waals surface area contributed by atoms with Crippen molar-refractivity contribution in [2.45, 2.75) is 65.5 Å². The van der Waals surface area contributed by atoms with Gasteiger partial charge in [0.05, 0.1) is 0 Å². The first kappa shape index (κ1) is 18.5. The third kappa shape index (κ3) is 8.61. The van der Waals surface area contributed by atoms with Crippen molar-refractivity contribution in [2.75, 3.05) is 0 Å². The first-order chi connectivity index (χ1) is 9.23. The average Bonchev–Trinajstić information content (AvgIpc) is 2.30. The molecule has 0 aliphatic heterocycles. The molecule has 0 aliphatic rings. The number of hydrogen-bond donors (Lipinski definition) is 2. The van der Waals surface area contributed by atoms with E-state index in [1.807, 2.05) is 0 Å². The third-order valence-electron chi connectivity index (χ3n) is 3.04. The van der Waals surface area contributed by atoms with Crippen LogP contribution in [-0.2, 0) is 9.59 Å². The molecule has 0 rings (SSSR count). The van der Waals surface area contributed by atoms with Crippen molar-refractivity contribution in [2.24, 2.45) is 33.5 Å². The monoisotopic (exact) mass is 284 g/mol. The molecule has 0 bridgehead atoms. The summed E-state index contributed by atoms with van der Waals surface area (Å²) in [5.74, 6) is -0.109. The first-order valence-electron chi connectivity index (χ1n) is 7.22. The van der Waals surface area contributed by atoms with Crippen LogP contribution in [-0.4, -0.2) is 23.9 Å². The molecule has 0 aromatic carbocycles. The third-order valence-corrected chi connectivity index (χ3v) is 3.04. The van der Waals surface area contributed by atoms with Crippen LogP contribution in [0.3, 0.4) is 0 Å². The lowest BCUT2D eigenvalue weighted by atomic mass is 10.0. The Labute approximate surface area is 121 Å². The van der Waals surface area contributed by atoms with E-state index in [1.165, 1.54) is 0 Å². The fourth-order valence-electron chi connectivity index (χ4n) is 1.66. The van der Waals surface area contributed by atoms with Gasteiger partial charge in [-0.15, -0.1) is 0 Å². The minimum absolute atomic E-state index is 0.458. The van der Waals surface area contributed by atoms with Crippen LogP contribution in [0.1, 0.15) is 53.4 Å². The molecule has 0 fully saturated rings. The van der Waals surface area contributed by atoms with Crippen LogP contribution in [0.4, 0.5) is 0 Å². The number of nitrogens with zero attached hydrogens (tertiary/aromatic N) is 2. The van der Waals surface area contributed by atoms with E-state index in [4.69, 9.17) is 11.5 Å². The molecule has 2 atom stereocenters. The highest BCUT2D eigenvalue weighted by atomic mass is 16.2. The summed E-state index contributed by atoms with van der Waals surface area (Å²) in [4.78, 5) is 22.6. The molecule has 0 saturated carbocycles. The zero-order chi connectivity index (χ0) is 15.7. The Kier molecular flexibility index (Phi) is 8.76. The highest BCUT2D eigenvalue weighted by molar-refractivity contribution is 5.81. The van der Waals surface area contributed by atoms with Gasteiger partial charge < -0.3 is 11.5 Å². The summed E-state index contributed by atoms with van der Waals surface area (Å²) >= 11 is 0. The van der Waals surface area contributed by atoms with Crippen LogP contribution >= 0.6 is 0 Å². The number of primary amides is 2. The summed E-state index contributed by atoms with van der Waals surface area (Å²) in [6.45, 7) is 8.24. The highest BCUT2D eigenvalue weighted by Gasteiger charge is 2.18. The van der Waals surface area contributed by atoms with E-state index in [0.717, 1.165) is 12.8 Å². The first-order valence-corrected chi connectivity index (χ1v) is 7.22. The van der Waals surface area contributed by atoms with E-state index in [9.17, 15) is 9.59 Å². The molecule has 20 heavy (non-hydrogen) atoms. The second-order valence-corrected chi connectivity index (χ2v) is 6.01. The van der Waals surface area contributed by atoms with Gasteiger partial charge in [0.1, 0.15) is 12.1 Å². The van der Waals surface area contributed by atoms with Gasteiger partial charge >= 0.3 is 0 Å². The lowest BCUT2D eigenvalue weighted by Gasteiger charge is -2.12. The lowest BCUT2D eigenvalue weighted by Crippen LogP contribution is -2.30. The Hall–Kier alpha value is -1.46. The maximum atomic E-state index is 11.3. The van der Waals surface area contributed by atoms with Crippen molar-refractivity contribution in [3.63, 3.8) is 0 Å². The number of carbonyl (C=O) groups is 2. The molecule has 0 saturated heterocycles. The van der Waals surface area contributed by atoms with E-state index >= 15 is 0 Å². The largest absolute Gasteiger partial charge is 0.368 e. The van der Waals surface area contributed by atoms with E-state index in [2.05, 4.69) is 37.9 Å². The van der Waals surface area contributed by atoms with Crippen molar-refractivity contribution >= 4 is 11.8 Å². The quantitative estimate of drug-likeness (QED) is 0.598. The van der Waals surface area contributed by atoms with Gasteiger partial charge in [0.25, 0.3) is 0 Å². The summed E-state index contributed by atoms with van der Waals surface area (Å²) in [6.07, 6.45) is 2.76. The minimum Gasteiger partial charge on any atom is -0.368 e. The Morgan fingerprint density at radius 3 is 1.25 bits per heavy atom. The second-order valence-electron chi connectivity index (χ2n) is 6.01. The molecule has 116 valence electrons. The predicted molar refractivity (Wildman–Crippen MR) is 79.0 cm³/mol.